The second kappa shape index (κ2) is 13.8. The molecule has 0 saturated carbocycles. The Morgan fingerprint density at radius 3 is 1.63 bits per heavy atom. The molecule has 0 spiro atoms. The van der Waals surface area contributed by atoms with Crippen molar-refractivity contribution in [3.63, 3.8) is 0 Å². The highest BCUT2D eigenvalue weighted by atomic mass is 14.2. The van der Waals surface area contributed by atoms with Crippen LogP contribution < -0.4 is 0 Å². The van der Waals surface area contributed by atoms with Crippen molar-refractivity contribution in [3.05, 3.63) is 210 Å². The molecule has 0 unspecified atom stereocenters. The minimum atomic E-state index is 1.06. The standard InChI is InChI=1S/C54H40/c1-2-13-38(14-3-1)39-31-33-43(34-32-39)54-51-22-10-8-20-49(51)53(50-21-9-11-23-52(50)54)42-29-26-37(27-30-42)25-28-41-35-36-48(46-19-7-6-18-45(41)46)47-24-12-16-40-15-4-5-17-44(40)47/h1-2,4-13,15-31,33,35-36H,3,14,32,34H2. The van der Waals surface area contributed by atoms with Gasteiger partial charge in [0.2, 0.25) is 0 Å². The Hall–Kier alpha value is -6.50. The van der Waals surface area contributed by atoms with Crippen molar-refractivity contribution in [1.29, 1.82) is 0 Å². The third kappa shape index (κ3) is 5.72. The van der Waals surface area contributed by atoms with E-state index in [0.717, 1.165) is 25.7 Å². The number of allylic oxidation sites excluding steroid dienone is 8. The monoisotopic (exact) mass is 688 g/mol. The molecule has 0 aliphatic heterocycles. The van der Waals surface area contributed by atoms with Gasteiger partial charge in [0.05, 0.1) is 0 Å². The summed E-state index contributed by atoms with van der Waals surface area (Å²) in [7, 11) is 0. The molecule has 8 aromatic rings. The number of hydrogen-bond acceptors (Lipinski definition) is 0. The molecule has 0 saturated heterocycles. The molecule has 0 heteroatoms. The molecule has 0 atom stereocenters. The van der Waals surface area contributed by atoms with E-state index in [-0.39, 0.29) is 0 Å². The molecular formula is C54H40. The first-order chi connectivity index (χ1) is 26.8. The van der Waals surface area contributed by atoms with Crippen LogP contribution in [0.2, 0.25) is 0 Å². The Kier molecular flexibility index (Phi) is 8.23. The fourth-order valence-corrected chi connectivity index (χ4v) is 8.88. The number of rotatable bonds is 6. The van der Waals surface area contributed by atoms with Crippen molar-refractivity contribution in [3.8, 4) is 22.3 Å². The summed E-state index contributed by atoms with van der Waals surface area (Å²) >= 11 is 0. The topological polar surface area (TPSA) is 0 Å². The van der Waals surface area contributed by atoms with E-state index in [1.807, 2.05) is 0 Å². The van der Waals surface area contributed by atoms with Crippen molar-refractivity contribution in [2.75, 3.05) is 0 Å². The average Bonchev–Trinajstić information content (AvgIpc) is 3.25. The van der Waals surface area contributed by atoms with Gasteiger partial charge in [0, 0.05) is 0 Å². The van der Waals surface area contributed by atoms with Crippen LogP contribution in [0.1, 0.15) is 42.4 Å². The summed E-state index contributed by atoms with van der Waals surface area (Å²) in [4.78, 5) is 0. The highest BCUT2D eigenvalue weighted by molar-refractivity contribution is 6.19. The van der Waals surface area contributed by atoms with Gasteiger partial charge in [-0.15, -0.1) is 0 Å². The Labute approximate surface area is 317 Å². The lowest BCUT2D eigenvalue weighted by Crippen LogP contribution is -2.00. The summed E-state index contributed by atoms with van der Waals surface area (Å²) in [6.45, 7) is 0. The molecule has 0 nitrogen and oxygen atoms in total. The van der Waals surface area contributed by atoms with Crippen LogP contribution in [-0.2, 0) is 0 Å². The van der Waals surface area contributed by atoms with E-state index < -0.39 is 0 Å². The minimum absolute atomic E-state index is 1.06. The Bertz CT molecular complexity index is 2840. The van der Waals surface area contributed by atoms with Crippen LogP contribution in [0.5, 0.6) is 0 Å². The Morgan fingerprint density at radius 1 is 0.370 bits per heavy atom. The second-order valence-corrected chi connectivity index (χ2v) is 14.6. The van der Waals surface area contributed by atoms with Gasteiger partial charge in [0.25, 0.3) is 0 Å². The SMILES string of the molecule is C1=CCCC(C2=CC=C(c3c4ccccc4c(-c4ccc(C=Cc5ccc(-c6cccc7ccccc67)c6ccccc56)cc4)c4ccccc34)CC2)=C1. The largest absolute Gasteiger partial charge is 0.0842 e. The number of benzene rings is 8. The summed E-state index contributed by atoms with van der Waals surface area (Å²) in [5.41, 5.74) is 13.3. The van der Waals surface area contributed by atoms with Crippen LogP contribution in [0.25, 0.3) is 83.1 Å². The molecule has 2 aliphatic rings. The smallest absolute Gasteiger partial charge is 0.00264 e. The van der Waals surface area contributed by atoms with Gasteiger partial charge >= 0.3 is 0 Å². The maximum atomic E-state index is 2.40. The van der Waals surface area contributed by atoms with Crippen LogP contribution in [0.3, 0.4) is 0 Å². The van der Waals surface area contributed by atoms with Gasteiger partial charge in [0.15, 0.2) is 0 Å². The first-order valence-corrected chi connectivity index (χ1v) is 19.3. The third-order valence-corrected chi connectivity index (χ3v) is 11.5. The molecule has 256 valence electrons. The van der Waals surface area contributed by atoms with Crippen LogP contribution >= 0.6 is 0 Å². The average molecular weight is 689 g/mol. The molecule has 54 heavy (non-hydrogen) atoms. The van der Waals surface area contributed by atoms with Gasteiger partial charge in [-0.2, -0.15) is 0 Å². The first kappa shape index (κ1) is 32.2. The molecule has 0 radical (unpaired) electrons. The zero-order chi connectivity index (χ0) is 35.8. The van der Waals surface area contributed by atoms with Crippen molar-refractivity contribution in [1.82, 2.24) is 0 Å². The quantitative estimate of drug-likeness (QED) is 0.120. The van der Waals surface area contributed by atoms with Gasteiger partial charge in [-0.3, -0.25) is 0 Å². The van der Waals surface area contributed by atoms with E-state index in [0.29, 0.717) is 0 Å². The first-order valence-electron chi connectivity index (χ1n) is 19.3. The number of hydrogen-bond donors (Lipinski definition) is 0. The van der Waals surface area contributed by atoms with Gasteiger partial charge < -0.3 is 0 Å². The summed E-state index contributed by atoms with van der Waals surface area (Å²) < 4.78 is 0. The fourth-order valence-electron chi connectivity index (χ4n) is 8.88. The predicted molar refractivity (Wildman–Crippen MR) is 234 cm³/mol. The number of fused-ring (bicyclic) bond motifs is 4. The van der Waals surface area contributed by atoms with E-state index in [4.69, 9.17) is 0 Å². The van der Waals surface area contributed by atoms with E-state index in [9.17, 15) is 0 Å². The van der Waals surface area contributed by atoms with Crippen LogP contribution in [0, 0.1) is 0 Å². The minimum Gasteiger partial charge on any atom is -0.0842 e. The molecule has 10 rings (SSSR count). The van der Waals surface area contributed by atoms with Crippen molar-refractivity contribution < 1.29 is 0 Å². The fraction of sp³-hybridized carbons (Fsp3) is 0.0741. The van der Waals surface area contributed by atoms with Crippen LogP contribution in [0.4, 0.5) is 0 Å². The van der Waals surface area contributed by atoms with Crippen LogP contribution in [-0.4, -0.2) is 0 Å². The molecular weight excluding hydrogens is 649 g/mol. The highest BCUT2D eigenvalue weighted by Crippen LogP contribution is 2.44. The Balaban J connectivity index is 1.01. The van der Waals surface area contributed by atoms with Crippen molar-refractivity contribution >= 4 is 60.8 Å². The normalized spacial score (nSPS) is 14.6. The molecule has 8 aromatic carbocycles. The van der Waals surface area contributed by atoms with Gasteiger partial charge in [-0.05, 0) is 124 Å². The zero-order valence-electron chi connectivity index (χ0n) is 30.3. The Morgan fingerprint density at radius 2 is 0.944 bits per heavy atom. The molecule has 0 amide bonds. The van der Waals surface area contributed by atoms with E-state index in [1.165, 1.54) is 98.8 Å². The van der Waals surface area contributed by atoms with Crippen molar-refractivity contribution in [2.24, 2.45) is 0 Å². The molecule has 0 fully saturated rings. The summed E-state index contributed by atoms with van der Waals surface area (Å²) in [5, 5.41) is 10.4. The highest BCUT2D eigenvalue weighted by Gasteiger charge is 2.20. The summed E-state index contributed by atoms with van der Waals surface area (Å²) in [6, 6.07) is 55.8. The maximum absolute atomic E-state index is 2.40. The lowest BCUT2D eigenvalue weighted by atomic mass is 9.82. The second-order valence-electron chi connectivity index (χ2n) is 14.6. The zero-order valence-corrected chi connectivity index (χ0v) is 30.3. The lowest BCUT2D eigenvalue weighted by molar-refractivity contribution is 0.906. The van der Waals surface area contributed by atoms with E-state index >= 15 is 0 Å². The summed E-state index contributed by atoms with van der Waals surface area (Å²) in [5.74, 6) is 0. The van der Waals surface area contributed by atoms with E-state index in [2.05, 4.69) is 194 Å². The van der Waals surface area contributed by atoms with E-state index in [1.54, 1.807) is 0 Å². The molecule has 0 bridgehead atoms. The molecule has 0 N–H and O–H groups in total. The van der Waals surface area contributed by atoms with Crippen molar-refractivity contribution in [2.45, 2.75) is 25.7 Å². The van der Waals surface area contributed by atoms with Gasteiger partial charge in [-0.25, -0.2) is 0 Å². The molecule has 2 aliphatic carbocycles. The maximum Gasteiger partial charge on any atom is -0.00264 e. The van der Waals surface area contributed by atoms with Gasteiger partial charge in [-0.1, -0.05) is 194 Å². The lowest BCUT2D eigenvalue weighted by Gasteiger charge is -2.22. The third-order valence-electron chi connectivity index (χ3n) is 11.5. The van der Waals surface area contributed by atoms with Gasteiger partial charge in [0.1, 0.15) is 0 Å². The predicted octanol–water partition coefficient (Wildman–Crippen LogP) is 15.2. The summed E-state index contributed by atoms with van der Waals surface area (Å²) in [6.07, 6.45) is 20.5. The van der Waals surface area contributed by atoms with Crippen LogP contribution in [0.15, 0.2) is 193 Å². The molecule has 0 heterocycles. The molecule has 0 aromatic heterocycles.